The van der Waals surface area contributed by atoms with Crippen LogP contribution in [0, 0.1) is 0 Å². The van der Waals surface area contributed by atoms with Crippen LogP contribution in [0.15, 0.2) is 12.7 Å². The standard InChI is InChI=1S/C15H23N5OS/c1-5-6-7-8-11(21)18-14-19-12(15(2,3)4)13(22-14)20-10-16-9-17-20/h9-10H,5-8H2,1-4H3,(H,18,19,21). The molecule has 2 heterocycles. The Labute approximate surface area is 135 Å². The molecule has 0 bridgehead atoms. The van der Waals surface area contributed by atoms with Crippen LogP contribution in [-0.2, 0) is 10.2 Å². The first-order chi connectivity index (χ1) is 10.4. The summed E-state index contributed by atoms with van der Waals surface area (Å²) in [5.74, 6) is 0.0211. The summed E-state index contributed by atoms with van der Waals surface area (Å²) in [6.45, 7) is 8.40. The lowest BCUT2D eigenvalue weighted by molar-refractivity contribution is -0.116. The van der Waals surface area contributed by atoms with Crippen molar-refractivity contribution in [3.05, 3.63) is 18.3 Å². The summed E-state index contributed by atoms with van der Waals surface area (Å²) in [5.41, 5.74) is 0.773. The SMILES string of the molecule is CCCCCC(=O)Nc1nc(C(C)(C)C)c(-n2cncn2)s1. The van der Waals surface area contributed by atoms with Gasteiger partial charge in [0.25, 0.3) is 0 Å². The van der Waals surface area contributed by atoms with Gasteiger partial charge in [0, 0.05) is 11.8 Å². The lowest BCUT2D eigenvalue weighted by Crippen LogP contribution is -2.16. The molecule has 2 aromatic heterocycles. The van der Waals surface area contributed by atoms with Crippen molar-refractivity contribution in [2.24, 2.45) is 0 Å². The van der Waals surface area contributed by atoms with Gasteiger partial charge >= 0.3 is 0 Å². The minimum atomic E-state index is -0.136. The fraction of sp³-hybridized carbons (Fsp3) is 0.600. The Morgan fingerprint density at radius 1 is 1.36 bits per heavy atom. The van der Waals surface area contributed by atoms with Gasteiger partial charge in [-0.25, -0.2) is 14.6 Å². The molecular formula is C15H23N5OS. The largest absolute Gasteiger partial charge is 0.302 e. The van der Waals surface area contributed by atoms with Gasteiger partial charge in [-0.15, -0.1) is 0 Å². The number of amides is 1. The summed E-state index contributed by atoms with van der Waals surface area (Å²) in [5, 5.41) is 8.60. The summed E-state index contributed by atoms with van der Waals surface area (Å²) in [7, 11) is 0. The quantitative estimate of drug-likeness (QED) is 0.826. The van der Waals surface area contributed by atoms with Crippen LogP contribution in [-0.4, -0.2) is 25.7 Å². The average molecular weight is 321 g/mol. The predicted octanol–water partition coefficient (Wildman–Crippen LogP) is 3.54. The number of hydrogen-bond donors (Lipinski definition) is 1. The molecule has 0 saturated carbocycles. The van der Waals surface area contributed by atoms with Crippen LogP contribution in [0.3, 0.4) is 0 Å². The van der Waals surface area contributed by atoms with Crippen LogP contribution in [0.5, 0.6) is 0 Å². The summed E-state index contributed by atoms with van der Waals surface area (Å²) < 4.78 is 1.70. The molecule has 2 rings (SSSR count). The topological polar surface area (TPSA) is 72.7 Å². The third-order valence-corrected chi connectivity index (χ3v) is 4.16. The average Bonchev–Trinajstić information content (AvgIpc) is 3.06. The second-order valence-corrected chi connectivity index (χ2v) is 7.25. The van der Waals surface area contributed by atoms with Crippen molar-refractivity contribution in [3.8, 4) is 5.00 Å². The molecule has 120 valence electrons. The Kier molecular flexibility index (Phi) is 5.28. The summed E-state index contributed by atoms with van der Waals surface area (Å²) >= 11 is 1.43. The zero-order valence-electron chi connectivity index (χ0n) is 13.6. The van der Waals surface area contributed by atoms with Crippen LogP contribution >= 0.6 is 11.3 Å². The van der Waals surface area contributed by atoms with Crippen LogP contribution in [0.2, 0.25) is 0 Å². The van der Waals surface area contributed by atoms with E-state index >= 15 is 0 Å². The van der Waals surface area contributed by atoms with Crippen molar-refractivity contribution in [3.63, 3.8) is 0 Å². The highest BCUT2D eigenvalue weighted by Crippen LogP contribution is 2.34. The van der Waals surface area contributed by atoms with Crippen LogP contribution in [0.25, 0.3) is 5.00 Å². The van der Waals surface area contributed by atoms with Gasteiger partial charge in [0.15, 0.2) is 5.13 Å². The van der Waals surface area contributed by atoms with Crippen molar-refractivity contribution in [2.45, 2.75) is 58.8 Å². The predicted molar refractivity (Wildman–Crippen MR) is 88.5 cm³/mol. The minimum Gasteiger partial charge on any atom is -0.302 e. The zero-order valence-corrected chi connectivity index (χ0v) is 14.4. The Hall–Kier alpha value is -1.76. The van der Waals surface area contributed by atoms with Gasteiger partial charge in [0.05, 0.1) is 5.69 Å². The Balaban J connectivity index is 2.18. The van der Waals surface area contributed by atoms with Crippen molar-refractivity contribution in [1.29, 1.82) is 0 Å². The second kappa shape index (κ2) is 7.00. The number of unbranched alkanes of at least 4 members (excludes halogenated alkanes) is 2. The molecule has 0 spiro atoms. The van der Waals surface area contributed by atoms with Crippen molar-refractivity contribution < 1.29 is 4.79 Å². The zero-order chi connectivity index (χ0) is 16.2. The van der Waals surface area contributed by atoms with Gasteiger partial charge in [-0.3, -0.25) is 4.79 Å². The summed E-state index contributed by atoms with van der Waals surface area (Å²) in [6, 6.07) is 0. The third-order valence-electron chi connectivity index (χ3n) is 3.20. The summed E-state index contributed by atoms with van der Waals surface area (Å²) in [6.07, 6.45) is 6.77. The monoisotopic (exact) mass is 321 g/mol. The number of thiazole rings is 1. The maximum atomic E-state index is 12.0. The lowest BCUT2D eigenvalue weighted by atomic mass is 9.92. The van der Waals surface area contributed by atoms with Gasteiger partial charge in [0.2, 0.25) is 5.91 Å². The molecule has 0 fully saturated rings. The number of carbonyl (C=O) groups is 1. The summed E-state index contributed by atoms with van der Waals surface area (Å²) in [4.78, 5) is 20.6. The maximum Gasteiger partial charge on any atom is 0.226 e. The van der Waals surface area contributed by atoms with E-state index in [2.05, 4.69) is 48.1 Å². The fourth-order valence-electron chi connectivity index (χ4n) is 2.04. The second-order valence-electron chi connectivity index (χ2n) is 6.27. The highest BCUT2D eigenvalue weighted by Gasteiger charge is 2.25. The molecule has 0 unspecified atom stereocenters. The molecule has 0 atom stereocenters. The Bertz CT molecular complexity index is 612. The molecule has 0 radical (unpaired) electrons. The molecule has 0 aromatic carbocycles. The number of carbonyl (C=O) groups excluding carboxylic acids is 1. The van der Waals surface area contributed by atoms with Gasteiger partial charge < -0.3 is 5.32 Å². The molecule has 1 amide bonds. The first kappa shape index (κ1) is 16.6. The smallest absolute Gasteiger partial charge is 0.226 e. The minimum absolute atomic E-state index is 0.0211. The van der Waals surface area contributed by atoms with E-state index in [0.29, 0.717) is 11.6 Å². The normalized spacial score (nSPS) is 11.6. The van der Waals surface area contributed by atoms with Gasteiger partial charge in [-0.1, -0.05) is 51.9 Å². The van der Waals surface area contributed by atoms with Gasteiger partial charge in [0.1, 0.15) is 17.7 Å². The van der Waals surface area contributed by atoms with E-state index in [9.17, 15) is 4.79 Å². The fourth-order valence-corrected chi connectivity index (χ4v) is 3.16. The molecule has 0 aliphatic heterocycles. The Morgan fingerprint density at radius 3 is 2.73 bits per heavy atom. The first-order valence-electron chi connectivity index (χ1n) is 7.58. The molecule has 0 aliphatic rings. The number of anilines is 1. The Morgan fingerprint density at radius 2 is 2.14 bits per heavy atom. The van der Waals surface area contributed by atoms with Crippen LogP contribution < -0.4 is 5.32 Å². The molecule has 22 heavy (non-hydrogen) atoms. The molecule has 2 aromatic rings. The van der Waals surface area contributed by atoms with Crippen molar-refractivity contribution in [1.82, 2.24) is 19.7 Å². The number of nitrogens with one attached hydrogen (secondary N) is 1. The number of aromatic nitrogens is 4. The number of hydrogen-bond acceptors (Lipinski definition) is 5. The van der Waals surface area contributed by atoms with Crippen molar-refractivity contribution in [2.75, 3.05) is 5.32 Å². The third kappa shape index (κ3) is 4.13. The molecule has 7 heteroatoms. The van der Waals surface area contributed by atoms with Gasteiger partial charge in [-0.05, 0) is 6.42 Å². The molecule has 0 saturated heterocycles. The van der Waals surface area contributed by atoms with Gasteiger partial charge in [-0.2, -0.15) is 5.10 Å². The molecule has 0 aliphatic carbocycles. The van der Waals surface area contributed by atoms with E-state index < -0.39 is 0 Å². The number of nitrogens with zero attached hydrogens (tertiary/aromatic N) is 4. The van der Waals surface area contributed by atoms with E-state index in [1.807, 2.05) is 0 Å². The highest BCUT2D eigenvalue weighted by molar-refractivity contribution is 7.18. The molecule has 1 N–H and O–H groups in total. The maximum absolute atomic E-state index is 12.0. The van der Waals surface area contributed by atoms with Crippen LogP contribution in [0.4, 0.5) is 5.13 Å². The lowest BCUT2D eigenvalue weighted by Gasteiger charge is -2.16. The van der Waals surface area contributed by atoms with Crippen molar-refractivity contribution >= 4 is 22.4 Å². The first-order valence-corrected chi connectivity index (χ1v) is 8.39. The molecule has 6 nitrogen and oxygen atoms in total. The number of rotatable bonds is 6. The van der Waals surface area contributed by atoms with E-state index in [4.69, 9.17) is 0 Å². The van der Waals surface area contributed by atoms with E-state index in [0.717, 1.165) is 30.0 Å². The highest BCUT2D eigenvalue weighted by atomic mass is 32.1. The van der Waals surface area contributed by atoms with E-state index in [1.54, 1.807) is 11.0 Å². The van der Waals surface area contributed by atoms with E-state index in [1.165, 1.54) is 17.7 Å². The molecular weight excluding hydrogens is 298 g/mol. The van der Waals surface area contributed by atoms with Crippen LogP contribution in [0.1, 0.15) is 59.1 Å². The van der Waals surface area contributed by atoms with E-state index in [-0.39, 0.29) is 11.3 Å².